The van der Waals surface area contributed by atoms with Gasteiger partial charge in [0.15, 0.2) is 16.9 Å². The Bertz CT molecular complexity index is 1580. The highest BCUT2D eigenvalue weighted by Gasteiger charge is 2.48. The lowest BCUT2D eigenvalue weighted by Gasteiger charge is -2.56. The predicted molar refractivity (Wildman–Crippen MR) is 177 cm³/mol. The quantitative estimate of drug-likeness (QED) is 0.263. The average Bonchev–Trinajstić information content (AvgIpc) is 3.72. The van der Waals surface area contributed by atoms with Crippen molar-refractivity contribution in [2.75, 3.05) is 26.2 Å². The standard InChI is InChI=1S/C18H22N2O2.C9H18N2.C7H5NO.CO2.ClH/c1-18(2)13(12-5-8-20(18)9-6-12)11-16(21)14-3-4-17-15(19-14)7-10-22-17;1-9(2)8(10)7-3-5-11(9)6-4-7;1-2-7-6(8-4-1)3-5-9-7;2-1-3;/h3-4,7,10,12-13H,5-6,8-9,11H2,1-2H3;7-8H,3-6,10H2,1-2H3;1-5H;;1H/t13-;8-;;;/m11.../s1. The van der Waals surface area contributed by atoms with Crippen LogP contribution < -0.4 is 5.73 Å². The van der Waals surface area contributed by atoms with Crippen LogP contribution in [-0.2, 0) is 9.59 Å². The van der Waals surface area contributed by atoms with Crippen molar-refractivity contribution in [1.82, 2.24) is 19.8 Å². The number of aromatic nitrogens is 2. The van der Waals surface area contributed by atoms with Crippen molar-refractivity contribution in [2.24, 2.45) is 23.5 Å². The molecule has 0 aromatic carbocycles. The van der Waals surface area contributed by atoms with Crippen LogP contribution in [0.1, 0.15) is 70.3 Å². The van der Waals surface area contributed by atoms with Crippen molar-refractivity contribution in [3.05, 3.63) is 60.8 Å². The second-order valence-electron chi connectivity index (χ2n) is 13.6. The summed E-state index contributed by atoms with van der Waals surface area (Å²) in [6.45, 7) is 14.1. The number of ketones is 1. The van der Waals surface area contributed by atoms with Crippen LogP contribution in [-0.4, -0.2) is 75.0 Å². The summed E-state index contributed by atoms with van der Waals surface area (Å²) >= 11 is 0. The van der Waals surface area contributed by atoms with Gasteiger partial charge in [0.05, 0.1) is 12.5 Å². The third-order valence-electron chi connectivity index (χ3n) is 10.7. The van der Waals surface area contributed by atoms with Crippen LogP contribution in [0.25, 0.3) is 22.2 Å². The highest BCUT2D eigenvalue weighted by atomic mass is 35.5. The van der Waals surface area contributed by atoms with E-state index in [2.05, 4.69) is 47.5 Å². The Hall–Kier alpha value is -3.40. The van der Waals surface area contributed by atoms with E-state index in [0.717, 1.165) is 28.1 Å². The van der Waals surface area contributed by atoms with Gasteiger partial charge in [-0.2, -0.15) is 9.59 Å². The van der Waals surface area contributed by atoms with Crippen molar-refractivity contribution >= 4 is 46.5 Å². The topological polar surface area (TPSA) is 136 Å². The third kappa shape index (κ3) is 7.42. The fourth-order valence-corrected chi connectivity index (χ4v) is 7.84. The Morgan fingerprint density at radius 1 is 0.848 bits per heavy atom. The van der Waals surface area contributed by atoms with Crippen LogP contribution in [0.3, 0.4) is 0 Å². The molecule has 4 bridgehead atoms. The van der Waals surface area contributed by atoms with Gasteiger partial charge in [0, 0.05) is 41.9 Å². The normalized spacial score (nSPS) is 27.8. The number of pyridine rings is 2. The molecule has 0 unspecified atom stereocenters. The van der Waals surface area contributed by atoms with Crippen LogP contribution in [0.5, 0.6) is 0 Å². The molecule has 6 aliphatic rings. The van der Waals surface area contributed by atoms with E-state index in [9.17, 15) is 4.79 Å². The zero-order valence-electron chi connectivity index (χ0n) is 27.2. The van der Waals surface area contributed by atoms with E-state index in [1.807, 2.05) is 30.3 Å². The smallest absolute Gasteiger partial charge is 0.373 e. The summed E-state index contributed by atoms with van der Waals surface area (Å²) in [6, 6.07) is 11.4. The molecule has 0 saturated carbocycles. The molecule has 2 atom stereocenters. The summed E-state index contributed by atoms with van der Waals surface area (Å²) in [5.74, 6) is 2.08. The number of hydrogen-bond acceptors (Lipinski definition) is 10. The molecule has 4 aromatic rings. The van der Waals surface area contributed by atoms with Crippen molar-refractivity contribution in [3.63, 3.8) is 0 Å². The molecule has 11 heteroatoms. The first-order valence-electron chi connectivity index (χ1n) is 16.0. The molecule has 10 rings (SSSR count). The molecule has 6 fully saturated rings. The zero-order valence-corrected chi connectivity index (χ0v) is 28.0. The Labute approximate surface area is 276 Å². The molecule has 6 saturated heterocycles. The maximum absolute atomic E-state index is 12.7. The number of hydrogen-bond donors (Lipinski definition) is 1. The number of rotatable bonds is 3. The van der Waals surface area contributed by atoms with Crippen molar-refractivity contribution in [2.45, 2.75) is 76.9 Å². The van der Waals surface area contributed by atoms with Crippen LogP contribution in [0, 0.1) is 17.8 Å². The number of nitrogens with two attached hydrogens (primary N) is 1. The Kier molecular flexibility index (Phi) is 11.6. The molecule has 10 nitrogen and oxygen atoms in total. The molecule has 46 heavy (non-hydrogen) atoms. The Morgan fingerprint density at radius 2 is 1.39 bits per heavy atom. The number of piperidine rings is 6. The molecule has 4 aromatic heterocycles. The minimum absolute atomic E-state index is 0. The molecule has 248 valence electrons. The molecular weight excluding hydrogens is 606 g/mol. The molecule has 2 N–H and O–H groups in total. The minimum atomic E-state index is 0. The number of nitrogens with zero attached hydrogens (tertiary/aromatic N) is 4. The minimum Gasteiger partial charge on any atom is -0.463 e. The predicted octanol–water partition coefficient (Wildman–Crippen LogP) is 6.01. The molecule has 6 aliphatic heterocycles. The van der Waals surface area contributed by atoms with Gasteiger partial charge in [0.1, 0.15) is 16.7 Å². The fourth-order valence-electron chi connectivity index (χ4n) is 7.84. The monoisotopic (exact) mass is 651 g/mol. The first kappa shape index (κ1) is 35.5. The lowest BCUT2D eigenvalue weighted by molar-refractivity contribution is -0.191. The third-order valence-corrected chi connectivity index (χ3v) is 10.7. The summed E-state index contributed by atoms with van der Waals surface area (Å²) < 4.78 is 10.4. The van der Waals surface area contributed by atoms with Gasteiger partial charge in [-0.1, -0.05) is 0 Å². The highest BCUT2D eigenvalue weighted by molar-refractivity contribution is 5.96. The number of carbonyl (C=O) groups excluding carboxylic acids is 3. The molecule has 0 aliphatic carbocycles. The highest BCUT2D eigenvalue weighted by Crippen LogP contribution is 2.45. The number of fused-ring (bicyclic) bond motifs is 8. The van der Waals surface area contributed by atoms with Crippen molar-refractivity contribution in [3.8, 4) is 0 Å². The van der Waals surface area contributed by atoms with Crippen LogP contribution in [0.4, 0.5) is 0 Å². The van der Waals surface area contributed by atoms with Crippen molar-refractivity contribution in [1.29, 1.82) is 0 Å². The Balaban J connectivity index is 0.000000167. The first-order chi connectivity index (χ1) is 21.6. The SMILES string of the molecule is CC1(C)[C@H](CC(=O)c2ccc3occc3n2)C2CCN1CC2.CC1(C)[C@H](N)C2CCN1CC2.Cl.O=C=O.c1cnc2ccoc2c1. The second-order valence-corrected chi connectivity index (χ2v) is 13.6. The van der Waals surface area contributed by atoms with Gasteiger partial charge in [0.2, 0.25) is 0 Å². The van der Waals surface area contributed by atoms with Gasteiger partial charge in [-0.15, -0.1) is 12.4 Å². The van der Waals surface area contributed by atoms with Gasteiger partial charge in [-0.3, -0.25) is 19.6 Å². The van der Waals surface area contributed by atoms with Crippen molar-refractivity contribution < 1.29 is 23.2 Å². The average molecular weight is 652 g/mol. The van der Waals surface area contributed by atoms with Crippen LogP contribution in [0.2, 0.25) is 0 Å². The van der Waals surface area contributed by atoms with E-state index in [1.165, 1.54) is 51.9 Å². The Morgan fingerprint density at radius 3 is 1.91 bits per heavy atom. The summed E-state index contributed by atoms with van der Waals surface area (Å²) in [5, 5.41) is 0. The van der Waals surface area contributed by atoms with E-state index < -0.39 is 0 Å². The summed E-state index contributed by atoms with van der Waals surface area (Å²) in [6.07, 6.45) is 11.0. The summed E-state index contributed by atoms with van der Waals surface area (Å²) in [5.41, 5.74) is 10.4. The molecule has 0 spiro atoms. The van der Waals surface area contributed by atoms with E-state index in [0.29, 0.717) is 30.0 Å². The number of furan rings is 2. The van der Waals surface area contributed by atoms with Gasteiger partial charge in [-0.25, -0.2) is 4.98 Å². The van der Waals surface area contributed by atoms with E-state index in [4.69, 9.17) is 24.2 Å². The molecule has 0 amide bonds. The number of halogens is 1. The maximum atomic E-state index is 12.7. The molecular formula is C35H46ClN5O5. The number of Topliss-reactive ketones (excluding diaryl/α,β-unsaturated/α-hetero) is 1. The van der Waals surface area contributed by atoms with Crippen LogP contribution >= 0.6 is 12.4 Å². The van der Waals surface area contributed by atoms with Gasteiger partial charge >= 0.3 is 6.15 Å². The maximum Gasteiger partial charge on any atom is 0.373 e. The van der Waals surface area contributed by atoms with E-state index >= 15 is 0 Å². The van der Waals surface area contributed by atoms with Gasteiger partial charge < -0.3 is 14.6 Å². The number of carbonyl (C=O) groups is 1. The van der Waals surface area contributed by atoms with Crippen LogP contribution in [0.15, 0.2) is 64.0 Å². The lowest BCUT2D eigenvalue weighted by Crippen LogP contribution is -2.67. The van der Waals surface area contributed by atoms with Gasteiger partial charge in [-0.05, 0) is 122 Å². The van der Waals surface area contributed by atoms with E-state index in [-0.39, 0.29) is 35.4 Å². The summed E-state index contributed by atoms with van der Waals surface area (Å²) in [7, 11) is 0. The zero-order chi connectivity index (χ0) is 32.2. The molecule has 10 heterocycles. The fraction of sp³-hybridized carbons (Fsp3) is 0.543. The second kappa shape index (κ2) is 15.0. The lowest BCUT2D eigenvalue weighted by atomic mass is 9.65. The summed E-state index contributed by atoms with van der Waals surface area (Å²) in [4.78, 5) is 42.6. The molecule has 0 radical (unpaired) electrons. The van der Waals surface area contributed by atoms with Gasteiger partial charge in [0.25, 0.3) is 0 Å². The van der Waals surface area contributed by atoms with E-state index in [1.54, 1.807) is 24.8 Å². The largest absolute Gasteiger partial charge is 0.463 e. The first-order valence-corrected chi connectivity index (χ1v) is 16.0.